The van der Waals surface area contributed by atoms with Crippen molar-refractivity contribution < 1.29 is 13.9 Å². The largest absolute Gasteiger partial charge is 0.467 e. The molecule has 1 aromatic carbocycles. The Balaban J connectivity index is 1.62. The highest BCUT2D eigenvalue weighted by Gasteiger charge is 2.19. The van der Waals surface area contributed by atoms with E-state index in [1.807, 2.05) is 6.92 Å². The number of nitrogens with zero attached hydrogens (tertiary/aromatic N) is 3. The first-order valence-electron chi connectivity index (χ1n) is 8.89. The molecule has 2 aromatic rings. The zero-order valence-electron chi connectivity index (χ0n) is 15.3. The van der Waals surface area contributed by atoms with Gasteiger partial charge < -0.3 is 15.0 Å². The fourth-order valence-corrected chi connectivity index (χ4v) is 3.36. The van der Waals surface area contributed by atoms with Gasteiger partial charge in [0.15, 0.2) is 6.61 Å². The Morgan fingerprint density at radius 1 is 1.41 bits per heavy atom. The molecule has 1 N–H and O–H groups in total. The third kappa shape index (κ3) is 5.38. The second kappa shape index (κ2) is 8.65. The molecule has 27 heavy (non-hydrogen) atoms. The average Bonchev–Trinajstić information content (AvgIpc) is 2.62. The van der Waals surface area contributed by atoms with Gasteiger partial charge in [0.2, 0.25) is 11.8 Å². The molecule has 8 heteroatoms. The maximum absolute atomic E-state index is 13.8. The van der Waals surface area contributed by atoms with Gasteiger partial charge in [-0.15, -0.1) is 0 Å². The van der Waals surface area contributed by atoms with Gasteiger partial charge in [0, 0.05) is 29.3 Å². The molecular formula is C19H22BrFN4O2. The van der Waals surface area contributed by atoms with Crippen LogP contribution in [-0.4, -0.2) is 35.6 Å². The Kier molecular flexibility index (Phi) is 6.26. The molecule has 0 unspecified atom stereocenters. The Morgan fingerprint density at radius 3 is 2.96 bits per heavy atom. The molecule has 1 aliphatic rings. The van der Waals surface area contributed by atoms with Crippen LogP contribution in [0.15, 0.2) is 28.7 Å². The third-order valence-electron chi connectivity index (χ3n) is 4.32. The predicted octanol–water partition coefficient (Wildman–Crippen LogP) is 3.94. The van der Waals surface area contributed by atoms with Gasteiger partial charge in [-0.3, -0.25) is 4.79 Å². The smallest absolute Gasteiger partial charge is 0.262 e. The number of hydrogen-bond donors (Lipinski definition) is 1. The van der Waals surface area contributed by atoms with E-state index in [0.717, 1.165) is 25.2 Å². The summed E-state index contributed by atoms with van der Waals surface area (Å²) in [5, 5.41) is 2.49. The molecule has 0 radical (unpaired) electrons. The number of aryl methyl sites for hydroxylation is 1. The summed E-state index contributed by atoms with van der Waals surface area (Å²) in [5.41, 5.74) is 0.876. The zero-order valence-corrected chi connectivity index (χ0v) is 16.9. The Morgan fingerprint density at radius 2 is 2.22 bits per heavy atom. The number of rotatable bonds is 5. The Hall–Kier alpha value is -2.22. The van der Waals surface area contributed by atoms with Crippen LogP contribution in [0, 0.1) is 18.7 Å². The molecule has 0 aliphatic carbocycles. The molecule has 0 spiro atoms. The van der Waals surface area contributed by atoms with E-state index in [9.17, 15) is 9.18 Å². The van der Waals surface area contributed by atoms with Crippen molar-refractivity contribution in [1.29, 1.82) is 0 Å². The molecule has 1 aromatic heterocycles. The number of nitrogens with one attached hydrogen (secondary N) is 1. The first-order valence-corrected chi connectivity index (χ1v) is 9.68. The summed E-state index contributed by atoms with van der Waals surface area (Å²) in [6.45, 7) is 5.64. The van der Waals surface area contributed by atoms with Crippen molar-refractivity contribution in [3.05, 3.63) is 40.2 Å². The van der Waals surface area contributed by atoms with Crippen molar-refractivity contribution in [3.8, 4) is 5.88 Å². The summed E-state index contributed by atoms with van der Waals surface area (Å²) in [6.07, 6.45) is 2.31. The lowest BCUT2D eigenvalue weighted by molar-refractivity contribution is -0.118. The molecule has 1 saturated heterocycles. The van der Waals surface area contributed by atoms with E-state index in [4.69, 9.17) is 4.74 Å². The molecule has 1 amide bonds. The SMILES string of the molecule is Cc1cc(OCC(=O)Nc2ccc(Br)cc2F)nc(N2CCC[C@H](C)C2)n1. The fourth-order valence-electron chi connectivity index (χ4n) is 3.03. The van der Waals surface area contributed by atoms with Crippen molar-refractivity contribution >= 4 is 33.5 Å². The van der Waals surface area contributed by atoms with Crippen LogP contribution < -0.4 is 15.0 Å². The first kappa shape index (κ1) is 19.5. The molecule has 0 bridgehead atoms. The second-order valence-electron chi connectivity index (χ2n) is 6.80. The molecule has 0 saturated carbocycles. The highest BCUT2D eigenvalue weighted by Crippen LogP contribution is 2.22. The number of anilines is 2. The summed E-state index contributed by atoms with van der Waals surface area (Å²) in [5.74, 6) is 0.578. The number of halogens is 2. The second-order valence-corrected chi connectivity index (χ2v) is 7.72. The Bertz CT molecular complexity index is 833. The van der Waals surface area contributed by atoms with E-state index in [1.54, 1.807) is 12.1 Å². The molecular weight excluding hydrogens is 415 g/mol. The van der Waals surface area contributed by atoms with Crippen LogP contribution in [0.5, 0.6) is 5.88 Å². The molecule has 144 valence electrons. The van der Waals surface area contributed by atoms with Gasteiger partial charge in [0.25, 0.3) is 5.91 Å². The first-order chi connectivity index (χ1) is 12.9. The maximum atomic E-state index is 13.8. The minimum Gasteiger partial charge on any atom is -0.467 e. The Labute approximate surface area is 166 Å². The minimum atomic E-state index is -0.517. The van der Waals surface area contributed by atoms with Crippen molar-refractivity contribution in [1.82, 2.24) is 9.97 Å². The van der Waals surface area contributed by atoms with E-state index < -0.39 is 11.7 Å². The maximum Gasteiger partial charge on any atom is 0.262 e. The molecule has 1 atom stereocenters. The van der Waals surface area contributed by atoms with E-state index in [2.05, 4.69) is 43.0 Å². The lowest BCUT2D eigenvalue weighted by atomic mass is 10.0. The average molecular weight is 437 g/mol. The minimum absolute atomic E-state index is 0.105. The van der Waals surface area contributed by atoms with Crippen molar-refractivity contribution in [2.45, 2.75) is 26.7 Å². The number of ether oxygens (including phenoxy) is 1. The molecule has 6 nitrogen and oxygen atoms in total. The number of benzene rings is 1. The number of amides is 1. The van der Waals surface area contributed by atoms with Gasteiger partial charge >= 0.3 is 0 Å². The quantitative estimate of drug-likeness (QED) is 0.768. The lowest BCUT2D eigenvalue weighted by Crippen LogP contribution is -2.35. The van der Waals surface area contributed by atoms with Gasteiger partial charge in [-0.2, -0.15) is 4.98 Å². The normalized spacial score (nSPS) is 16.9. The van der Waals surface area contributed by atoms with Crippen LogP contribution in [0.4, 0.5) is 16.0 Å². The molecule has 1 fully saturated rings. The van der Waals surface area contributed by atoms with Crippen molar-refractivity contribution in [2.24, 2.45) is 5.92 Å². The topological polar surface area (TPSA) is 67.3 Å². The number of piperidine rings is 1. The molecule has 1 aliphatic heterocycles. The van der Waals surface area contributed by atoms with E-state index in [0.29, 0.717) is 22.2 Å². The zero-order chi connectivity index (χ0) is 19.4. The predicted molar refractivity (Wildman–Crippen MR) is 106 cm³/mol. The molecule has 3 rings (SSSR count). The van der Waals surface area contributed by atoms with E-state index >= 15 is 0 Å². The number of carbonyl (C=O) groups excluding carboxylic acids is 1. The number of hydrogen-bond acceptors (Lipinski definition) is 5. The van der Waals surface area contributed by atoms with Crippen LogP contribution in [-0.2, 0) is 4.79 Å². The lowest BCUT2D eigenvalue weighted by Gasteiger charge is -2.31. The van der Waals surface area contributed by atoms with Gasteiger partial charge in [-0.05, 0) is 43.9 Å². The van der Waals surface area contributed by atoms with Gasteiger partial charge in [-0.1, -0.05) is 22.9 Å². The highest BCUT2D eigenvalue weighted by atomic mass is 79.9. The van der Waals surface area contributed by atoms with Crippen molar-refractivity contribution in [2.75, 3.05) is 29.9 Å². The molecule has 2 heterocycles. The van der Waals surface area contributed by atoms with Crippen LogP contribution in [0.2, 0.25) is 0 Å². The summed E-state index contributed by atoms with van der Waals surface area (Å²) >= 11 is 3.18. The summed E-state index contributed by atoms with van der Waals surface area (Å²) in [6, 6.07) is 6.11. The van der Waals surface area contributed by atoms with Crippen LogP contribution in [0.1, 0.15) is 25.5 Å². The summed E-state index contributed by atoms with van der Waals surface area (Å²) in [7, 11) is 0. The van der Waals surface area contributed by atoms with Crippen LogP contribution >= 0.6 is 15.9 Å². The van der Waals surface area contributed by atoms with Gasteiger partial charge in [0.05, 0.1) is 5.69 Å². The van der Waals surface area contributed by atoms with Crippen molar-refractivity contribution in [3.63, 3.8) is 0 Å². The van der Waals surface area contributed by atoms with Gasteiger partial charge in [-0.25, -0.2) is 9.37 Å². The van der Waals surface area contributed by atoms with E-state index in [1.165, 1.54) is 18.6 Å². The van der Waals surface area contributed by atoms with E-state index in [-0.39, 0.29) is 12.3 Å². The standard InChI is InChI=1S/C19H22BrFN4O2/c1-12-4-3-7-25(10-12)19-22-13(2)8-18(24-19)27-11-17(26)23-16-6-5-14(20)9-15(16)21/h5-6,8-9,12H,3-4,7,10-11H2,1-2H3,(H,23,26)/t12-/m0/s1. The summed E-state index contributed by atoms with van der Waals surface area (Å²) < 4.78 is 19.9. The highest BCUT2D eigenvalue weighted by molar-refractivity contribution is 9.10. The van der Waals surface area contributed by atoms with Crippen LogP contribution in [0.3, 0.4) is 0 Å². The van der Waals surface area contributed by atoms with Crippen LogP contribution in [0.25, 0.3) is 0 Å². The number of carbonyl (C=O) groups is 1. The van der Waals surface area contributed by atoms with Gasteiger partial charge in [0.1, 0.15) is 5.82 Å². The monoisotopic (exact) mass is 436 g/mol. The number of aromatic nitrogens is 2. The third-order valence-corrected chi connectivity index (χ3v) is 4.81. The fraction of sp³-hybridized carbons (Fsp3) is 0.421. The summed E-state index contributed by atoms with van der Waals surface area (Å²) in [4.78, 5) is 23.1.